The van der Waals surface area contributed by atoms with Crippen molar-refractivity contribution >= 4 is 23.5 Å². The van der Waals surface area contributed by atoms with Crippen LogP contribution in [0.25, 0.3) is 0 Å². The van der Waals surface area contributed by atoms with E-state index >= 15 is 0 Å². The maximum atomic E-state index is 12.6. The van der Waals surface area contributed by atoms with Gasteiger partial charge < -0.3 is 9.47 Å². The molecule has 27 heavy (non-hydrogen) atoms. The summed E-state index contributed by atoms with van der Waals surface area (Å²) in [6, 6.07) is 16.9. The Labute approximate surface area is 165 Å². The molecule has 0 radical (unpaired) electrons. The fourth-order valence-corrected chi connectivity index (χ4v) is 3.16. The Morgan fingerprint density at radius 1 is 0.963 bits per heavy atom. The van der Waals surface area contributed by atoms with Crippen LogP contribution in [-0.2, 0) is 19.1 Å². The van der Waals surface area contributed by atoms with Gasteiger partial charge in [0.05, 0.1) is 19.4 Å². The molecule has 0 unspecified atom stereocenters. The van der Waals surface area contributed by atoms with Crippen molar-refractivity contribution in [2.24, 2.45) is 5.92 Å². The van der Waals surface area contributed by atoms with E-state index in [0.717, 1.165) is 11.1 Å². The molecule has 0 saturated heterocycles. The summed E-state index contributed by atoms with van der Waals surface area (Å²) in [6.45, 7) is 5.39. The molecular weight excluding hydrogens is 364 g/mol. The number of carbonyl (C=O) groups excluding carboxylic acids is 2. The molecule has 0 spiro atoms. The lowest BCUT2D eigenvalue weighted by Gasteiger charge is -2.27. The molecule has 0 amide bonds. The second-order valence-corrected chi connectivity index (χ2v) is 7.80. The molecule has 5 heteroatoms. The van der Waals surface area contributed by atoms with Crippen LogP contribution in [0.15, 0.2) is 54.6 Å². The van der Waals surface area contributed by atoms with E-state index in [1.54, 1.807) is 32.9 Å². The maximum absolute atomic E-state index is 12.6. The minimum absolute atomic E-state index is 0.0773. The summed E-state index contributed by atoms with van der Waals surface area (Å²) in [7, 11) is 1.33. The highest BCUT2D eigenvalue weighted by Crippen LogP contribution is 2.36. The van der Waals surface area contributed by atoms with Crippen LogP contribution in [0, 0.1) is 5.92 Å². The number of halogens is 1. The number of rotatable bonds is 6. The molecule has 2 rings (SSSR count). The summed E-state index contributed by atoms with van der Waals surface area (Å²) < 4.78 is 10.5. The van der Waals surface area contributed by atoms with Crippen LogP contribution in [0.1, 0.15) is 44.2 Å². The Morgan fingerprint density at radius 2 is 1.52 bits per heavy atom. The molecule has 0 aliphatic rings. The highest BCUT2D eigenvalue weighted by Gasteiger charge is 2.35. The van der Waals surface area contributed by atoms with E-state index in [4.69, 9.17) is 21.1 Å². The monoisotopic (exact) mass is 388 g/mol. The smallest absolute Gasteiger partial charge is 0.310 e. The Morgan fingerprint density at radius 3 is 2.04 bits per heavy atom. The zero-order valence-electron chi connectivity index (χ0n) is 16.1. The van der Waals surface area contributed by atoms with E-state index in [9.17, 15) is 9.59 Å². The molecule has 0 saturated carbocycles. The molecule has 0 N–H and O–H groups in total. The lowest BCUT2D eigenvalue weighted by atomic mass is 9.79. The molecule has 2 aromatic rings. The van der Waals surface area contributed by atoms with E-state index in [-0.39, 0.29) is 12.3 Å². The molecule has 0 fully saturated rings. The van der Waals surface area contributed by atoms with Gasteiger partial charge in [-0.15, -0.1) is 0 Å². The topological polar surface area (TPSA) is 52.6 Å². The standard InChI is InChI=1S/C22H25ClO4/c1-22(2,3)27-19(24)14-18(21(25)26-4)20(15-8-6-5-7-9-15)16-10-12-17(23)13-11-16/h5-13,18,20H,14H2,1-4H3/t18-,20+/m0/s1. The summed E-state index contributed by atoms with van der Waals surface area (Å²) in [5, 5.41) is 0.604. The molecule has 0 heterocycles. The van der Waals surface area contributed by atoms with E-state index in [0.29, 0.717) is 5.02 Å². The molecule has 0 aliphatic heterocycles. The largest absolute Gasteiger partial charge is 0.469 e. The number of methoxy groups -OCH3 is 1. The van der Waals surface area contributed by atoms with Crippen LogP contribution in [0.3, 0.4) is 0 Å². The van der Waals surface area contributed by atoms with Gasteiger partial charge in [-0.1, -0.05) is 54.1 Å². The van der Waals surface area contributed by atoms with Gasteiger partial charge in [-0.2, -0.15) is 0 Å². The van der Waals surface area contributed by atoms with Crippen LogP contribution in [0.2, 0.25) is 5.02 Å². The number of benzene rings is 2. The van der Waals surface area contributed by atoms with Gasteiger partial charge in [-0.25, -0.2) is 0 Å². The first kappa shape index (κ1) is 21.0. The average Bonchev–Trinajstić information content (AvgIpc) is 2.61. The van der Waals surface area contributed by atoms with Gasteiger partial charge in [-0.3, -0.25) is 9.59 Å². The van der Waals surface area contributed by atoms with Gasteiger partial charge in [0.2, 0.25) is 0 Å². The van der Waals surface area contributed by atoms with Crippen molar-refractivity contribution in [2.75, 3.05) is 7.11 Å². The highest BCUT2D eigenvalue weighted by atomic mass is 35.5. The molecule has 0 aromatic heterocycles. The minimum Gasteiger partial charge on any atom is -0.469 e. The Hall–Kier alpha value is -2.33. The van der Waals surface area contributed by atoms with Crippen LogP contribution in [0.4, 0.5) is 0 Å². The first-order chi connectivity index (χ1) is 12.7. The summed E-state index contributed by atoms with van der Waals surface area (Å²) in [5.74, 6) is -1.96. The van der Waals surface area contributed by atoms with Crippen molar-refractivity contribution in [3.63, 3.8) is 0 Å². The Bertz CT molecular complexity index is 763. The second-order valence-electron chi connectivity index (χ2n) is 7.36. The van der Waals surface area contributed by atoms with Crippen molar-refractivity contribution in [1.82, 2.24) is 0 Å². The van der Waals surface area contributed by atoms with Crippen molar-refractivity contribution < 1.29 is 19.1 Å². The van der Waals surface area contributed by atoms with E-state index < -0.39 is 23.5 Å². The molecule has 0 aliphatic carbocycles. The first-order valence-electron chi connectivity index (χ1n) is 8.81. The van der Waals surface area contributed by atoms with Gasteiger partial charge >= 0.3 is 11.9 Å². The van der Waals surface area contributed by atoms with Crippen LogP contribution >= 0.6 is 11.6 Å². The Kier molecular flexibility index (Phi) is 7.03. The van der Waals surface area contributed by atoms with Crippen LogP contribution in [0.5, 0.6) is 0 Å². The fourth-order valence-electron chi connectivity index (χ4n) is 3.04. The van der Waals surface area contributed by atoms with E-state index in [2.05, 4.69) is 0 Å². The summed E-state index contributed by atoms with van der Waals surface area (Å²) in [6.07, 6.45) is -0.0773. The lowest BCUT2D eigenvalue weighted by Crippen LogP contribution is -2.31. The Balaban J connectivity index is 2.45. The average molecular weight is 389 g/mol. The second kappa shape index (κ2) is 9.05. The van der Waals surface area contributed by atoms with Gasteiger partial charge in [0.15, 0.2) is 0 Å². The van der Waals surface area contributed by atoms with Gasteiger partial charge in [0.25, 0.3) is 0 Å². The predicted octanol–water partition coefficient (Wildman–Crippen LogP) is 4.99. The molecular formula is C22H25ClO4. The molecule has 4 nitrogen and oxygen atoms in total. The molecule has 2 atom stereocenters. The number of ether oxygens (including phenoxy) is 2. The van der Waals surface area contributed by atoms with E-state index in [1.165, 1.54) is 7.11 Å². The van der Waals surface area contributed by atoms with E-state index in [1.807, 2.05) is 42.5 Å². The highest BCUT2D eigenvalue weighted by molar-refractivity contribution is 6.30. The van der Waals surface area contributed by atoms with Crippen LogP contribution < -0.4 is 0 Å². The van der Waals surface area contributed by atoms with Gasteiger partial charge in [0, 0.05) is 10.9 Å². The maximum Gasteiger partial charge on any atom is 0.310 e. The molecule has 0 bridgehead atoms. The van der Waals surface area contributed by atoms with Crippen molar-refractivity contribution in [2.45, 2.75) is 38.7 Å². The SMILES string of the molecule is COC(=O)[C@@H](CC(=O)OC(C)(C)C)[C@H](c1ccccc1)c1ccc(Cl)cc1. The zero-order chi connectivity index (χ0) is 20.0. The summed E-state index contributed by atoms with van der Waals surface area (Å²) in [5.41, 5.74) is 1.17. The van der Waals surface area contributed by atoms with Gasteiger partial charge in [-0.05, 0) is 44.0 Å². The molecule has 144 valence electrons. The minimum atomic E-state index is -0.714. The molecule has 2 aromatic carbocycles. The fraction of sp³-hybridized carbons (Fsp3) is 0.364. The van der Waals surface area contributed by atoms with Crippen LogP contribution in [-0.4, -0.2) is 24.6 Å². The lowest BCUT2D eigenvalue weighted by molar-refractivity contribution is -0.161. The predicted molar refractivity (Wildman–Crippen MR) is 106 cm³/mol. The van der Waals surface area contributed by atoms with Gasteiger partial charge in [0.1, 0.15) is 5.60 Å². The third-order valence-corrected chi connectivity index (χ3v) is 4.35. The number of esters is 2. The van der Waals surface area contributed by atoms with Crippen molar-refractivity contribution in [1.29, 1.82) is 0 Å². The third-order valence-electron chi connectivity index (χ3n) is 4.10. The normalized spacial score (nSPS) is 13.5. The third kappa shape index (κ3) is 6.10. The summed E-state index contributed by atoms with van der Waals surface area (Å²) >= 11 is 6.02. The summed E-state index contributed by atoms with van der Waals surface area (Å²) in [4.78, 5) is 25.1. The first-order valence-corrected chi connectivity index (χ1v) is 9.19. The van der Waals surface area contributed by atoms with Crippen molar-refractivity contribution in [3.05, 3.63) is 70.7 Å². The number of carbonyl (C=O) groups is 2. The van der Waals surface area contributed by atoms with Crippen molar-refractivity contribution in [3.8, 4) is 0 Å². The zero-order valence-corrected chi connectivity index (χ0v) is 16.8. The number of hydrogen-bond donors (Lipinski definition) is 0. The quantitative estimate of drug-likeness (QED) is 0.654. The number of hydrogen-bond acceptors (Lipinski definition) is 4.